The maximum atomic E-state index is 12.2. The summed E-state index contributed by atoms with van der Waals surface area (Å²) in [4.78, 5) is 14.2. The highest BCUT2D eigenvalue weighted by Gasteiger charge is 2.10. The van der Waals surface area contributed by atoms with Crippen molar-refractivity contribution in [2.75, 3.05) is 20.1 Å². The highest BCUT2D eigenvalue weighted by Crippen LogP contribution is 2.13. The summed E-state index contributed by atoms with van der Waals surface area (Å²) in [5.74, 6) is 0.122. The fourth-order valence-corrected chi connectivity index (χ4v) is 2.85. The highest BCUT2D eigenvalue weighted by atomic mass is 127. The van der Waals surface area contributed by atoms with Crippen LogP contribution >= 0.6 is 34.2 Å². The summed E-state index contributed by atoms with van der Waals surface area (Å²) < 4.78 is 1.27. The second-order valence-electron chi connectivity index (χ2n) is 5.01. The largest absolute Gasteiger partial charge is 0.299 e. The number of nitrogens with zero attached hydrogens (tertiary/aromatic N) is 1. The molecule has 0 atom stereocenters. The van der Waals surface area contributed by atoms with Gasteiger partial charge < -0.3 is 0 Å². The fraction of sp³-hybridized carbons (Fsp3) is 0.235. The van der Waals surface area contributed by atoms with E-state index in [1.807, 2.05) is 13.1 Å². The first-order valence-corrected chi connectivity index (χ1v) is 8.22. The van der Waals surface area contributed by atoms with Gasteiger partial charge in [-0.1, -0.05) is 29.8 Å². The molecule has 0 heterocycles. The molecule has 0 unspecified atom stereocenters. The van der Waals surface area contributed by atoms with Gasteiger partial charge in [-0.15, -0.1) is 0 Å². The van der Waals surface area contributed by atoms with Crippen molar-refractivity contribution in [1.29, 1.82) is 0 Å². The Morgan fingerprint density at radius 2 is 1.81 bits per heavy atom. The first kappa shape index (κ1) is 16.5. The van der Waals surface area contributed by atoms with Gasteiger partial charge in [0.05, 0.1) is 6.54 Å². The van der Waals surface area contributed by atoms with Crippen molar-refractivity contribution in [2.45, 2.75) is 6.42 Å². The molecular weight excluding hydrogens is 397 g/mol. The second kappa shape index (κ2) is 7.92. The van der Waals surface area contributed by atoms with Gasteiger partial charge in [0.1, 0.15) is 0 Å². The molecule has 0 aromatic heterocycles. The zero-order chi connectivity index (χ0) is 15.2. The average Bonchev–Trinajstić information content (AvgIpc) is 2.47. The van der Waals surface area contributed by atoms with Crippen LogP contribution in [-0.2, 0) is 6.42 Å². The molecule has 21 heavy (non-hydrogen) atoms. The third-order valence-electron chi connectivity index (χ3n) is 3.30. The summed E-state index contributed by atoms with van der Waals surface area (Å²) in [6, 6.07) is 15.4. The standard InChI is InChI=1S/C17H17ClINO/c1-20(11-10-13-4-2-3-5-16(13)19)12-17(21)14-6-8-15(18)9-7-14/h2-9H,10-12H2,1H3. The van der Waals surface area contributed by atoms with Gasteiger partial charge in [-0.2, -0.15) is 0 Å². The van der Waals surface area contributed by atoms with E-state index >= 15 is 0 Å². The van der Waals surface area contributed by atoms with Crippen LogP contribution in [0, 0.1) is 3.57 Å². The van der Waals surface area contributed by atoms with Crippen molar-refractivity contribution in [2.24, 2.45) is 0 Å². The van der Waals surface area contributed by atoms with E-state index in [1.165, 1.54) is 9.13 Å². The summed E-state index contributed by atoms with van der Waals surface area (Å²) in [5.41, 5.74) is 2.03. The quantitative estimate of drug-likeness (QED) is 0.520. The lowest BCUT2D eigenvalue weighted by molar-refractivity contribution is 0.0947. The Morgan fingerprint density at radius 1 is 1.14 bits per heavy atom. The van der Waals surface area contributed by atoms with E-state index in [0.29, 0.717) is 17.1 Å². The maximum Gasteiger partial charge on any atom is 0.176 e. The Labute approximate surface area is 144 Å². The Bertz CT molecular complexity index is 612. The van der Waals surface area contributed by atoms with Crippen molar-refractivity contribution in [3.05, 3.63) is 68.3 Å². The second-order valence-corrected chi connectivity index (χ2v) is 6.61. The Kier molecular flexibility index (Phi) is 6.21. The minimum absolute atomic E-state index is 0.122. The molecule has 110 valence electrons. The number of Topliss-reactive ketones (excluding diaryl/α,β-unsaturated/α-hetero) is 1. The Balaban J connectivity index is 1.87. The summed E-state index contributed by atoms with van der Waals surface area (Å²) >= 11 is 8.18. The smallest absolute Gasteiger partial charge is 0.176 e. The van der Waals surface area contributed by atoms with Gasteiger partial charge in [-0.3, -0.25) is 9.69 Å². The zero-order valence-electron chi connectivity index (χ0n) is 11.9. The Hall–Kier alpha value is -0.910. The molecule has 0 bridgehead atoms. The molecule has 0 saturated carbocycles. The number of carbonyl (C=O) groups excluding carboxylic acids is 1. The van der Waals surface area contributed by atoms with E-state index in [0.717, 1.165) is 13.0 Å². The molecule has 2 rings (SSSR count). The lowest BCUT2D eigenvalue weighted by Gasteiger charge is -2.16. The van der Waals surface area contributed by atoms with Crippen LogP contribution < -0.4 is 0 Å². The molecule has 0 saturated heterocycles. The lowest BCUT2D eigenvalue weighted by Crippen LogP contribution is -2.28. The van der Waals surface area contributed by atoms with Gasteiger partial charge >= 0.3 is 0 Å². The number of benzene rings is 2. The number of rotatable bonds is 6. The first-order chi connectivity index (χ1) is 10.1. The van der Waals surface area contributed by atoms with Crippen LogP contribution in [0.3, 0.4) is 0 Å². The summed E-state index contributed by atoms with van der Waals surface area (Å²) in [6.45, 7) is 1.28. The number of halogens is 2. The van der Waals surface area contributed by atoms with E-state index in [4.69, 9.17) is 11.6 Å². The molecule has 2 nitrogen and oxygen atoms in total. The topological polar surface area (TPSA) is 20.3 Å². The zero-order valence-corrected chi connectivity index (χ0v) is 14.8. The van der Waals surface area contributed by atoms with Crippen LogP contribution in [0.1, 0.15) is 15.9 Å². The fourth-order valence-electron chi connectivity index (χ4n) is 2.06. The van der Waals surface area contributed by atoms with Crippen LogP contribution in [0.25, 0.3) is 0 Å². The molecule has 0 fully saturated rings. The Morgan fingerprint density at radius 3 is 2.48 bits per heavy atom. The van der Waals surface area contributed by atoms with Gasteiger partial charge in [0.15, 0.2) is 5.78 Å². The monoisotopic (exact) mass is 413 g/mol. The third-order valence-corrected chi connectivity index (χ3v) is 4.60. The van der Waals surface area contributed by atoms with E-state index in [-0.39, 0.29) is 5.78 Å². The van der Waals surface area contributed by atoms with Crippen molar-refractivity contribution in [3.63, 3.8) is 0 Å². The molecule has 0 aliphatic carbocycles. The molecule has 2 aromatic rings. The summed E-state index contributed by atoms with van der Waals surface area (Å²) in [5, 5.41) is 0.651. The number of likely N-dealkylation sites (N-methyl/N-ethyl adjacent to an activating group) is 1. The predicted molar refractivity (Wildman–Crippen MR) is 96.1 cm³/mol. The molecule has 0 aliphatic heterocycles. The highest BCUT2D eigenvalue weighted by molar-refractivity contribution is 14.1. The van der Waals surface area contributed by atoms with Crippen molar-refractivity contribution >= 4 is 40.0 Å². The van der Waals surface area contributed by atoms with Crippen LogP contribution in [0.4, 0.5) is 0 Å². The van der Waals surface area contributed by atoms with E-state index in [1.54, 1.807) is 24.3 Å². The number of hydrogen-bond donors (Lipinski definition) is 0. The molecular formula is C17H17ClINO. The minimum Gasteiger partial charge on any atom is -0.299 e. The molecule has 0 amide bonds. The van der Waals surface area contributed by atoms with Crippen LogP contribution in [0.5, 0.6) is 0 Å². The molecule has 4 heteroatoms. The lowest BCUT2D eigenvalue weighted by atomic mass is 10.1. The molecule has 2 aromatic carbocycles. The van der Waals surface area contributed by atoms with Gasteiger partial charge in [-0.05, 0) is 72.0 Å². The molecule has 0 N–H and O–H groups in total. The summed E-state index contributed by atoms with van der Waals surface area (Å²) in [6.07, 6.45) is 0.948. The normalized spacial score (nSPS) is 10.9. The number of ketones is 1. The van der Waals surface area contributed by atoms with Gasteiger partial charge in [0.2, 0.25) is 0 Å². The van der Waals surface area contributed by atoms with Gasteiger partial charge in [0.25, 0.3) is 0 Å². The molecule has 0 spiro atoms. The third kappa shape index (κ3) is 5.09. The van der Waals surface area contributed by atoms with Crippen LogP contribution in [0.2, 0.25) is 5.02 Å². The average molecular weight is 414 g/mol. The van der Waals surface area contributed by atoms with Crippen molar-refractivity contribution in [3.8, 4) is 0 Å². The SMILES string of the molecule is CN(CCc1ccccc1I)CC(=O)c1ccc(Cl)cc1. The van der Waals surface area contributed by atoms with Gasteiger partial charge in [-0.25, -0.2) is 0 Å². The van der Waals surface area contributed by atoms with E-state index in [9.17, 15) is 4.79 Å². The molecule has 0 radical (unpaired) electrons. The number of carbonyl (C=O) groups is 1. The maximum absolute atomic E-state index is 12.2. The molecule has 0 aliphatic rings. The van der Waals surface area contributed by atoms with Gasteiger partial charge in [0, 0.05) is 20.7 Å². The first-order valence-electron chi connectivity index (χ1n) is 6.77. The number of hydrogen-bond acceptors (Lipinski definition) is 2. The van der Waals surface area contributed by atoms with E-state index in [2.05, 4.69) is 45.7 Å². The van der Waals surface area contributed by atoms with Crippen LogP contribution in [-0.4, -0.2) is 30.8 Å². The predicted octanol–water partition coefficient (Wildman–Crippen LogP) is 4.30. The van der Waals surface area contributed by atoms with E-state index < -0.39 is 0 Å². The van der Waals surface area contributed by atoms with Crippen LogP contribution in [0.15, 0.2) is 48.5 Å². The minimum atomic E-state index is 0.122. The summed E-state index contributed by atoms with van der Waals surface area (Å²) in [7, 11) is 1.98. The van der Waals surface area contributed by atoms with Crippen molar-refractivity contribution < 1.29 is 4.79 Å². The van der Waals surface area contributed by atoms with Crippen molar-refractivity contribution in [1.82, 2.24) is 4.90 Å².